The van der Waals surface area contributed by atoms with Crippen molar-refractivity contribution in [3.63, 3.8) is 0 Å². The SMILES string of the molecule is CC(=O)Nc1cccc(-n2nnnc2SCC(=O)Nc2ccccc2Cl)c1. The standard InChI is InChI=1S/C17H15ClN6O2S/c1-11(25)19-12-5-4-6-13(9-12)24-17(21-22-23-24)27-10-16(26)20-15-8-3-2-7-14(15)18/h2-9H,10H2,1H3,(H,19,25)(H,20,26). The molecule has 0 radical (unpaired) electrons. The van der Waals surface area contributed by atoms with Crippen molar-refractivity contribution >= 4 is 46.6 Å². The first-order chi connectivity index (χ1) is 13.0. The zero-order valence-electron chi connectivity index (χ0n) is 14.2. The summed E-state index contributed by atoms with van der Waals surface area (Å²) in [7, 11) is 0. The largest absolute Gasteiger partial charge is 0.326 e. The van der Waals surface area contributed by atoms with Gasteiger partial charge >= 0.3 is 0 Å². The Morgan fingerprint density at radius 2 is 1.96 bits per heavy atom. The molecule has 0 saturated carbocycles. The number of anilines is 2. The molecule has 3 aromatic rings. The number of carbonyl (C=O) groups is 2. The van der Waals surface area contributed by atoms with Crippen LogP contribution in [-0.4, -0.2) is 37.8 Å². The van der Waals surface area contributed by atoms with Gasteiger partial charge < -0.3 is 10.6 Å². The van der Waals surface area contributed by atoms with Crippen LogP contribution in [0.1, 0.15) is 6.92 Å². The monoisotopic (exact) mass is 402 g/mol. The minimum atomic E-state index is -0.227. The van der Waals surface area contributed by atoms with Crippen LogP contribution in [-0.2, 0) is 9.59 Å². The van der Waals surface area contributed by atoms with Crippen molar-refractivity contribution < 1.29 is 9.59 Å². The number of tetrazole rings is 1. The smallest absolute Gasteiger partial charge is 0.234 e. The van der Waals surface area contributed by atoms with E-state index in [0.29, 0.717) is 27.2 Å². The van der Waals surface area contributed by atoms with Gasteiger partial charge in [-0.2, -0.15) is 4.68 Å². The molecule has 0 aliphatic heterocycles. The number of aromatic nitrogens is 4. The lowest BCUT2D eigenvalue weighted by molar-refractivity contribution is -0.114. The zero-order chi connectivity index (χ0) is 19.2. The van der Waals surface area contributed by atoms with E-state index in [-0.39, 0.29) is 17.6 Å². The number of amides is 2. The van der Waals surface area contributed by atoms with Crippen LogP contribution in [0.15, 0.2) is 53.7 Å². The van der Waals surface area contributed by atoms with Crippen LogP contribution >= 0.6 is 23.4 Å². The molecule has 0 saturated heterocycles. The number of rotatable bonds is 6. The average Bonchev–Trinajstić information content (AvgIpc) is 3.10. The highest BCUT2D eigenvalue weighted by atomic mass is 35.5. The van der Waals surface area contributed by atoms with Gasteiger partial charge in [-0.15, -0.1) is 5.10 Å². The lowest BCUT2D eigenvalue weighted by atomic mass is 10.3. The van der Waals surface area contributed by atoms with E-state index in [1.165, 1.54) is 23.4 Å². The fourth-order valence-corrected chi connectivity index (χ4v) is 3.10. The Kier molecular flexibility index (Phi) is 6.05. The number of thioether (sulfide) groups is 1. The molecule has 1 aromatic heterocycles. The van der Waals surface area contributed by atoms with Crippen molar-refractivity contribution in [3.05, 3.63) is 53.6 Å². The summed E-state index contributed by atoms with van der Waals surface area (Å²) >= 11 is 7.22. The second-order valence-electron chi connectivity index (χ2n) is 5.42. The first-order valence-corrected chi connectivity index (χ1v) is 9.23. The molecule has 0 bridgehead atoms. The van der Waals surface area contributed by atoms with E-state index < -0.39 is 0 Å². The fourth-order valence-electron chi connectivity index (χ4n) is 2.23. The van der Waals surface area contributed by atoms with Crippen LogP contribution in [0.5, 0.6) is 0 Å². The highest BCUT2D eigenvalue weighted by Gasteiger charge is 2.13. The van der Waals surface area contributed by atoms with Gasteiger partial charge in [-0.25, -0.2) is 0 Å². The Hall–Kier alpha value is -2.91. The third-order valence-corrected chi connectivity index (χ3v) is 4.58. The van der Waals surface area contributed by atoms with E-state index in [0.717, 1.165) is 0 Å². The Balaban J connectivity index is 1.68. The quantitative estimate of drug-likeness (QED) is 0.614. The second kappa shape index (κ2) is 8.65. The summed E-state index contributed by atoms with van der Waals surface area (Å²) in [5.74, 6) is -0.291. The molecule has 0 atom stereocenters. The van der Waals surface area contributed by atoms with Crippen LogP contribution in [0.3, 0.4) is 0 Å². The van der Waals surface area contributed by atoms with Gasteiger partial charge in [-0.3, -0.25) is 9.59 Å². The lowest BCUT2D eigenvalue weighted by Gasteiger charge is -2.08. The molecule has 0 aliphatic carbocycles. The normalized spacial score (nSPS) is 10.4. The number of nitrogens with one attached hydrogen (secondary N) is 2. The predicted molar refractivity (Wildman–Crippen MR) is 104 cm³/mol. The van der Waals surface area contributed by atoms with Crippen LogP contribution in [0.2, 0.25) is 5.02 Å². The molecule has 3 rings (SSSR count). The maximum Gasteiger partial charge on any atom is 0.234 e. The first kappa shape index (κ1) is 18.9. The number of carbonyl (C=O) groups excluding carboxylic acids is 2. The van der Waals surface area contributed by atoms with Crippen molar-refractivity contribution in [2.75, 3.05) is 16.4 Å². The number of hydrogen-bond donors (Lipinski definition) is 2. The minimum absolute atomic E-state index is 0.108. The zero-order valence-corrected chi connectivity index (χ0v) is 15.8. The van der Waals surface area contributed by atoms with Gasteiger partial charge in [-0.1, -0.05) is 41.6 Å². The third kappa shape index (κ3) is 5.05. The molecule has 0 aliphatic rings. The van der Waals surface area contributed by atoms with Gasteiger partial charge in [0.2, 0.25) is 17.0 Å². The summed E-state index contributed by atoms with van der Waals surface area (Å²) in [6, 6.07) is 14.1. The Bertz CT molecular complexity index is 977. The summed E-state index contributed by atoms with van der Waals surface area (Å²) in [6.45, 7) is 1.43. The van der Waals surface area contributed by atoms with Gasteiger partial charge in [0.15, 0.2) is 0 Å². The van der Waals surface area contributed by atoms with Crippen molar-refractivity contribution in [3.8, 4) is 5.69 Å². The van der Waals surface area contributed by atoms with E-state index in [2.05, 4.69) is 26.2 Å². The topological polar surface area (TPSA) is 102 Å². The molecule has 138 valence electrons. The maximum atomic E-state index is 12.2. The molecule has 0 fully saturated rings. The van der Waals surface area contributed by atoms with Crippen molar-refractivity contribution in [1.29, 1.82) is 0 Å². The van der Waals surface area contributed by atoms with Crippen molar-refractivity contribution in [2.24, 2.45) is 0 Å². The maximum absolute atomic E-state index is 12.2. The van der Waals surface area contributed by atoms with Gasteiger partial charge in [0.1, 0.15) is 0 Å². The molecular formula is C17H15ClN6O2S. The molecule has 8 nitrogen and oxygen atoms in total. The van der Waals surface area contributed by atoms with Gasteiger partial charge in [0, 0.05) is 12.6 Å². The van der Waals surface area contributed by atoms with Gasteiger partial charge in [0.05, 0.1) is 22.2 Å². The Morgan fingerprint density at radius 3 is 2.74 bits per heavy atom. The van der Waals surface area contributed by atoms with Crippen LogP contribution < -0.4 is 10.6 Å². The lowest BCUT2D eigenvalue weighted by Crippen LogP contribution is -2.15. The molecule has 2 aromatic carbocycles. The van der Waals surface area contributed by atoms with Crippen LogP contribution in [0, 0.1) is 0 Å². The van der Waals surface area contributed by atoms with E-state index >= 15 is 0 Å². The summed E-state index contributed by atoms with van der Waals surface area (Å²) in [5.41, 5.74) is 1.84. The Morgan fingerprint density at radius 1 is 1.15 bits per heavy atom. The molecule has 27 heavy (non-hydrogen) atoms. The average molecular weight is 403 g/mol. The van der Waals surface area contributed by atoms with Gasteiger partial charge in [-0.05, 0) is 40.8 Å². The Labute approximate surface area is 164 Å². The summed E-state index contributed by atoms with van der Waals surface area (Å²) in [5, 5.41) is 17.9. The van der Waals surface area contributed by atoms with E-state index in [1.54, 1.807) is 48.5 Å². The number of hydrogen-bond acceptors (Lipinski definition) is 6. The van der Waals surface area contributed by atoms with E-state index in [9.17, 15) is 9.59 Å². The highest BCUT2D eigenvalue weighted by Crippen LogP contribution is 2.23. The predicted octanol–water partition coefficient (Wildman–Crippen LogP) is 3.00. The van der Waals surface area contributed by atoms with Crippen molar-refractivity contribution in [2.45, 2.75) is 12.1 Å². The summed E-state index contributed by atoms with van der Waals surface area (Å²) < 4.78 is 1.50. The minimum Gasteiger partial charge on any atom is -0.326 e. The molecule has 2 amide bonds. The molecule has 1 heterocycles. The number of benzene rings is 2. The molecule has 0 unspecified atom stereocenters. The van der Waals surface area contributed by atoms with Gasteiger partial charge in [0.25, 0.3) is 0 Å². The number of halogens is 1. The molecular weight excluding hydrogens is 388 g/mol. The third-order valence-electron chi connectivity index (χ3n) is 3.33. The summed E-state index contributed by atoms with van der Waals surface area (Å²) in [6.07, 6.45) is 0. The molecule has 2 N–H and O–H groups in total. The molecule has 10 heteroatoms. The van der Waals surface area contributed by atoms with Crippen molar-refractivity contribution in [1.82, 2.24) is 20.2 Å². The van der Waals surface area contributed by atoms with E-state index in [4.69, 9.17) is 11.6 Å². The number of nitrogens with zero attached hydrogens (tertiary/aromatic N) is 4. The molecule has 0 spiro atoms. The number of para-hydroxylation sites is 1. The van der Waals surface area contributed by atoms with E-state index in [1.807, 2.05) is 0 Å². The fraction of sp³-hybridized carbons (Fsp3) is 0.118. The highest BCUT2D eigenvalue weighted by molar-refractivity contribution is 7.99. The first-order valence-electron chi connectivity index (χ1n) is 7.86. The summed E-state index contributed by atoms with van der Waals surface area (Å²) in [4.78, 5) is 23.4. The van der Waals surface area contributed by atoms with Crippen LogP contribution in [0.25, 0.3) is 5.69 Å². The van der Waals surface area contributed by atoms with Crippen LogP contribution in [0.4, 0.5) is 11.4 Å². The second-order valence-corrected chi connectivity index (χ2v) is 6.77.